The number of allylic oxidation sites excluding steroid dienone is 2. The third-order valence-electron chi connectivity index (χ3n) is 5.23. The van der Waals surface area contributed by atoms with Crippen LogP contribution >= 0.6 is 0 Å². The van der Waals surface area contributed by atoms with E-state index in [0.717, 1.165) is 12.0 Å². The molecule has 0 radical (unpaired) electrons. The molecule has 0 fully saturated rings. The molecule has 30 heavy (non-hydrogen) atoms. The highest BCUT2D eigenvalue weighted by atomic mass is 16.6. The van der Waals surface area contributed by atoms with E-state index in [9.17, 15) is 14.7 Å². The van der Waals surface area contributed by atoms with Crippen molar-refractivity contribution in [1.29, 1.82) is 0 Å². The van der Waals surface area contributed by atoms with Crippen LogP contribution in [0.4, 0.5) is 0 Å². The second-order valence-corrected chi connectivity index (χ2v) is 9.43. The average molecular weight is 414 g/mol. The van der Waals surface area contributed by atoms with Gasteiger partial charge in [0.2, 0.25) is 5.60 Å². The maximum Gasteiger partial charge on any atom is 0.339 e. The largest absolute Gasteiger partial charge is 0.507 e. The van der Waals surface area contributed by atoms with Crippen LogP contribution in [-0.2, 0) is 20.7 Å². The zero-order chi connectivity index (χ0) is 22.5. The van der Waals surface area contributed by atoms with Crippen LogP contribution in [0.25, 0.3) is 0 Å². The quantitative estimate of drug-likeness (QED) is 0.463. The monoisotopic (exact) mass is 413 g/mol. The Balaban J connectivity index is 2.36. The molecule has 1 aliphatic heterocycles. The van der Waals surface area contributed by atoms with Crippen molar-refractivity contribution in [3.63, 3.8) is 0 Å². The van der Waals surface area contributed by atoms with E-state index in [1.807, 2.05) is 71.9 Å². The first kappa shape index (κ1) is 23.7. The number of cyclic esters (lactones) is 1. The van der Waals surface area contributed by atoms with Gasteiger partial charge in [-0.1, -0.05) is 48.9 Å². The molecule has 2 unspecified atom stereocenters. The highest BCUT2D eigenvalue weighted by Crippen LogP contribution is 2.40. The van der Waals surface area contributed by atoms with Gasteiger partial charge in [-0.25, -0.2) is 4.79 Å². The van der Waals surface area contributed by atoms with E-state index >= 15 is 0 Å². The van der Waals surface area contributed by atoms with Gasteiger partial charge in [0.1, 0.15) is 0 Å². The Morgan fingerprint density at radius 1 is 1.23 bits per heavy atom. The number of esters is 1. The summed E-state index contributed by atoms with van der Waals surface area (Å²) in [6.07, 6.45) is 4.26. The van der Waals surface area contributed by atoms with E-state index in [0.29, 0.717) is 12.8 Å². The van der Waals surface area contributed by atoms with E-state index in [1.165, 1.54) is 5.57 Å². The first-order valence-electron chi connectivity index (χ1n) is 10.6. The molecule has 1 aromatic carbocycles. The number of carbonyl (C=O) groups is 2. The number of hydrogen-bond donors (Lipinski definition) is 2. The molecule has 5 nitrogen and oxygen atoms in total. The van der Waals surface area contributed by atoms with Gasteiger partial charge in [-0.15, -0.1) is 0 Å². The van der Waals surface area contributed by atoms with Crippen molar-refractivity contribution >= 4 is 11.9 Å². The molecule has 2 N–H and O–H groups in total. The van der Waals surface area contributed by atoms with Gasteiger partial charge in [0, 0.05) is 12.0 Å². The van der Waals surface area contributed by atoms with Crippen LogP contribution in [0.15, 0.2) is 53.3 Å². The van der Waals surface area contributed by atoms with Crippen LogP contribution in [0, 0.1) is 5.92 Å². The predicted octanol–water partition coefficient (Wildman–Crippen LogP) is 5.02. The van der Waals surface area contributed by atoms with E-state index in [-0.39, 0.29) is 23.7 Å². The van der Waals surface area contributed by atoms with Crippen molar-refractivity contribution < 1.29 is 19.4 Å². The Labute approximate surface area is 180 Å². The summed E-state index contributed by atoms with van der Waals surface area (Å²) in [5.41, 5.74) is 0.210. The van der Waals surface area contributed by atoms with Gasteiger partial charge in [-0.3, -0.25) is 4.79 Å². The molecular formula is C25H35NO4. The second kappa shape index (κ2) is 9.50. The van der Waals surface area contributed by atoms with Gasteiger partial charge in [0.15, 0.2) is 5.76 Å². The minimum Gasteiger partial charge on any atom is -0.507 e. The lowest BCUT2D eigenvalue weighted by Gasteiger charge is -2.31. The molecule has 1 heterocycles. The normalized spacial score (nSPS) is 20.0. The minimum atomic E-state index is -1.69. The summed E-state index contributed by atoms with van der Waals surface area (Å²) in [7, 11) is 0. The lowest BCUT2D eigenvalue weighted by atomic mass is 9.86. The first-order chi connectivity index (χ1) is 14.0. The second-order valence-electron chi connectivity index (χ2n) is 9.43. The number of hydrogen-bond acceptors (Lipinski definition) is 4. The number of aliphatic hydroxyl groups excluding tert-OH is 1. The van der Waals surface area contributed by atoms with Crippen LogP contribution in [-0.4, -0.2) is 28.1 Å². The molecule has 0 aliphatic carbocycles. The Hall–Kier alpha value is -2.56. The van der Waals surface area contributed by atoms with Gasteiger partial charge in [0.25, 0.3) is 5.91 Å². The molecule has 0 bridgehead atoms. The zero-order valence-electron chi connectivity index (χ0n) is 19.0. The van der Waals surface area contributed by atoms with Crippen molar-refractivity contribution in [2.24, 2.45) is 5.92 Å². The van der Waals surface area contributed by atoms with Gasteiger partial charge in [0.05, 0.1) is 5.57 Å². The molecule has 2 atom stereocenters. The Bertz CT molecular complexity index is 828. The number of carbonyl (C=O) groups excluding carboxylic acids is 2. The third-order valence-corrected chi connectivity index (χ3v) is 5.23. The lowest BCUT2D eigenvalue weighted by Crippen LogP contribution is -2.54. The predicted molar refractivity (Wildman–Crippen MR) is 119 cm³/mol. The molecule has 0 spiro atoms. The van der Waals surface area contributed by atoms with Crippen LogP contribution in [0.1, 0.15) is 66.4 Å². The molecule has 0 aromatic heterocycles. The molecule has 1 aromatic rings. The molecule has 1 amide bonds. The van der Waals surface area contributed by atoms with Crippen molar-refractivity contribution in [2.45, 2.75) is 78.4 Å². The van der Waals surface area contributed by atoms with Crippen molar-refractivity contribution in [3.05, 3.63) is 58.9 Å². The molecule has 1 aliphatic rings. The lowest BCUT2D eigenvalue weighted by molar-refractivity contribution is -0.160. The molecular weight excluding hydrogens is 378 g/mol. The highest BCUT2D eigenvalue weighted by Gasteiger charge is 2.55. The fraction of sp³-hybridized carbons (Fsp3) is 0.520. The number of aryl methyl sites for hydroxylation is 1. The summed E-state index contributed by atoms with van der Waals surface area (Å²) in [5, 5.41) is 14.0. The van der Waals surface area contributed by atoms with Crippen LogP contribution in [0.3, 0.4) is 0 Å². The first-order valence-corrected chi connectivity index (χ1v) is 10.6. The number of amides is 1. The topological polar surface area (TPSA) is 75.6 Å². The number of nitrogens with one attached hydrogen (secondary N) is 1. The van der Waals surface area contributed by atoms with E-state index in [2.05, 4.69) is 11.4 Å². The number of rotatable bonds is 8. The Morgan fingerprint density at radius 3 is 2.43 bits per heavy atom. The van der Waals surface area contributed by atoms with E-state index in [1.54, 1.807) is 0 Å². The smallest absolute Gasteiger partial charge is 0.339 e. The Kier molecular flexibility index (Phi) is 7.51. The van der Waals surface area contributed by atoms with Crippen molar-refractivity contribution in [1.82, 2.24) is 5.32 Å². The Morgan fingerprint density at radius 2 is 1.87 bits per heavy atom. The summed E-state index contributed by atoms with van der Waals surface area (Å²) in [6, 6.07) is 9.67. The van der Waals surface area contributed by atoms with E-state index in [4.69, 9.17) is 4.74 Å². The standard InChI is InChI=1S/C25H35NO4/c1-17(2)11-10-12-18(3)20-21(27)25(30-22(20)28,23(29)26-24(4,5)6)16-15-19-13-8-7-9-14-19/h7-9,11,13-14,18,27H,10,12,15-16H2,1-6H3,(H,26,29). The third kappa shape index (κ3) is 5.74. The highest BCUT2D eigenvalue weighted by molar-refractivity contribution is 6.01. The maximum atomic E-state index is 13.2. The van der Waals surface area contributed by atoms with Crippen molar-refractivity contribution in [3.8, 4) is 0 Å². The fourth-order valence-corrected chi connectivity index (χ4v) is 3.62. The summed E-state index contributed by atoms with van der Waals surface area (Å²) in [6.45, 7) is 11.5. The fourth-order valence-electron chi connectivity index (χ4n) is 3.62. The average Bonchev–Trinajstić information content (AvgIpc) is 2.90. The van der Waals surface area contributed by atoms with Gasteiger partial charge in [-0.2, -0.15) is 0 Å². The number of ether oxygens (including phenoxy) is 1. The van der Waals surface area contributed by atoms with Crippen LogP contribution in [0.2, 0.25) is 0 Å². The number of benzene rings is 1. The van der Waals surface area contributed by atoms with Crippen LogP contribution < -0.4 is 5.32 Å². The zero-order valence-corrected chi connectivity index (χ0v) is 19.0. The molecule has 0 saturated carbocycles. The van der Waals surface area contributed by atoms with Crippen LogP contribution in [0.5, 0.6) is 0 Å². The minimum absolute atomic E-state index is 0.181. The van der Waals surface area contributed by atoms with E-state index < -0.39 is 23.0 Å². The number of aliphatic hydroxyl groups is 1. The maximum absolute atomic E-state index is 13.2. The van der Waals surface area contributed by atoms with Crippen molar-refractivity contribution in [2.75, 3.05) is 0 Å². The molecule has 164 valence electrons. The summed E-state index contributed by atoms with van der Waals surface area (Å²) in [5.74, 6) is -1.54. The van der Waals surface area contributed by atoms with Gasteiger partial charge in [-0.05, 0) is 65.4 Å². The molecule has 5 heteroatoms. The molecule has 2 rings (SSSR count). The SMILES string of the molecule is CC(C)=CCCC(C)C1=C(O)C(CCc2ccccc2)(C(=O)NC(C)(C)C)OC1=O. The summed E-state index contributed by atoms with van der Waals surface area (Å²) < 4.78 is 5.66. The summed E-state index contributed by atoms with van der Waals surface area (Å²) >= 11 is 0. The molecule has 0 saturated heterocycles. The van der Waals surface area contributed by atoms with Gasteiger partial charge < -0.3 is 15.2 Å². The summed E-state index contributed by atoms with van der Waals surface area (Å²) in [4.78, 5) is 26.0. The van der Waals surface area contributed by atoms with Gasteiger partial charge >= 0.3 is 5.97 Å².